The molecule has 2 aromatic heterocycles. The highest BCUT2D eigenvalue weighted by Crippen LogP contribution is 2.34. The topological polar surface area (TPSA) is 78.3 Å². The van der Waals surface area contributed by atoms with E-state index in [1.54, 1.807) is 26.4 Å². The van der Waals surface area contributed by atoms with E-state index in [4.69, 9.17) is 21.1 Å². The number of nitrogens with one attached hydrogen (secondary N) is 1. The fourth-order valence-corrected chi connectivity index (χ4v) is 3.61. The lowest BCUT2D eigenvalue weighted by atomic mass is 10.2. The van der Waals surface area contributed by atoms with Gasteiger partial charge in [-0.2, -0.15) is 4.98 Å². The second-order valence-electron chi connectivity index (χ2n) is 6.35. The van der Waals surface area contributed by atoms with Crippen LogP contribution >= 0.6 is 11.6 Å². The van der Waals surface area contributed by atoms with Crippen LogP contribution in [0.25, 0.3) is 21.8 Å². The molecule has 1 amide bonds. The number of amides is 1. The number of hydrogen-bond donors (Lipinski definition) is 1. The van der Waals surface area contributed by atoms with Crippen LogP contribution < -0.4 is 14.8 Å². The third-order valence-electron chi connectivity index (χ3n) is 4.77. The van der Waals surface area contributed by atoms with E-state index in [9.17, 15) is 4.79 Å². The molecule has 0 spiro atoms. The molecule has 4 aromatic rings. The maximum atomic E-state index is 13.1. The van der Waals surface area contributed by atoms with E-state index in [2.05, 4.69) is 15.3 Å². The van der Waals surface area contributed by atoms with Crippen LogP contribution in [0.15, 0.2) is 42.5 Å². The summed E-state index contributed by atoms with van der Waals surface area (Å²) in [5.41, 5.74) is 2.07. The number of anilines is 1. The van der Waals surface area contributed by atoms with E-state index in [0.717, 1.165) is 10.9 Å². The molecule has 0 radical (unpaired) electrons. The minimum absolute atomic E-state index is 0.0241. The number of benzene rings is 2. The van der Waals surface area contributed by atoms with Gasteiger partial charge in [-0.15, -0.1) is 0 Å². The molecule has 4 rings (SSSR count). The second kappa shape index (κ2) is 7.60. The van der Waals surface area contributed by atoms with Crippen LogP contribution in [0.3, 0.4) is 0 Å². The number of ether oxygens (including phenoxy) is 2. The van der Waals surface area contributed by atoms with Gasteiger partial charge in [-0.25, -0.2) is 4.98 Å². The predicted molar refractivity (Wildman–Crippen MR) is 113 cm³/mol. The van der Waals surface area contributed by atoms with Crippen molar-refractivity contribution in [2.45, 2.75) is 13.5 Å². The lowest BCUT2D eigenvalue weighted by Crippen LogP contribution is -2.18. The molecule has 0 saturated carbocycles. The summed E-state index contributed by atoms with van der Waals surface area (Å²) in [6.45, 7) is 2.66. The zero-order valence-electron chi connectivity index (χ0n) is 16.2. The van der Waals surface area contributed by atoms with E-state index in [1.807, 2.05) is 41.8 Å². The van der Waals surface area contributed by atoms with Gasteiger partial charge in [0.15, 0.2) is 11.5 Å². The molecule has 2 aromatic carbocycles. The monoisotopic (exact) mass is 410 g/mol. The largest absolute Gasteiger partial charge is 0.493 e. The van der Waals surface area contributed by atoms with Crippen molar-refractivity contribution >= 4 is 45.1 Å². The Morgan fingerprint density at radius 1 is 1.10 bits per heavy atom. The molecule has 0 fully saturated rings. The number of fused-ring (bicyclic) bond motifs is 2. The fourth-order valence-electron chi connectivity index (χ4n) is 3.43. The SMILES string of the molecule is CCn1c(C(=O)Nc2nc(Cl)nc3cc(OC)c(OC)cc23)cc2ccccc21. The van der Waals surface area contributed by atoms with Gasteiger partial charge in [0.1, 0.15) is 11.5 Å². The number of carbonyl (C=O) groups is 1. The predicted octanol–water partition coefficient (Wildman–Crippen LogP) is 4.53. The Hall–Kier alpha value is -3.32. The molecule has 0 bridgehead atoms. The third-order valence-corrected chi connectivity index (χ3v) is 4.93. The average molecular weight is 411 g/mol. The minimum atomic E-state index is -0.283. The van der Waals surface area contributed by atoms with Crippen LogP contribution in [0.2, 0.25) is 5.28 Å². The van der Waals surface area contributed by atoms with Crippen LogP contribution in [0.5, 0.6) is 11.5 Å². The second-order valence-corrected chi connectivity index (χ2v) is 6.69. The molecule has 0 aliphatic heterocycles. The first-order valence-corrected chi connectivity index (χ1v) is 9.42. The first-order chi connectivity index (χ1) is 14.0. The molecule has 7 nitrogen and oxygen atoms in total. The van der Waals surface area contributed by atoms with Crippen LogP contribution in [0, 0.1) is 0 Å². The normalized spacial score (nSPS) is 11.0. The van der Waals surface area contributed by atoms with E-state index < -0.39 is 0 Å². The van der Waals surface area contributed by atoms with E-state index in [0.29, 0.717) is 40.5 Å². The molecule has 148 valence electrons. The summed E-state index contributed by atoms with van der Waals surface area (Å²) < 4.78 is 12.6. The van der Waals surface area contributed by atoms with Gasteiger partial charge < -0.3 is 19.4 Å². The number of para-hydroxylation sites is 1. The minimum Gasteiger partial charge on any atom is -0.493 e. The molecule has 0 saturated heterocycles. The molecule has 0 aliphatic rings. The first-order valence-electron chi connectivity index (χ1n) is 9.04. The molecule has 1 N–H and O–H groups in total. The number of halogens is 1. The van der Waals surface area contributed by atoms with Gasteiger partial charge in [0.2, 0.25) is 5.28 Å². The summed E-state index contributed by atoms with van der Waals surface area (Å²) in [4.78, 5) is 21.6. The Morgan fingerprint density at radius 3 is 2.55 bits per heavy atom. The maximum Gasteiger partial charge on any atom is 0.273 e. The highest BCUT2D eigenvalue weighted by molar-refractivity contribution is 6.29. The van der Waals surface area contributed by atoms with E-state index in [1.165, 1.54) is 0 Å². The van der Waals surface area contributed by atoms with Gasteiger partial charge >= 0.3 is 0 Å². The molecule has 0 unspecified atom stereocenters. The zero-order chi connectivity index (χ0) is 20.5. The molecule has 29 heavy (non-hydrogen) atoms. The quantitative estimate of drug-likeness (QED) is 0.489. The van der Waals surface area contributed by atoms with Gasteiger partial charge in [0, 0.05) is 28.9 Å². The summed E-state index contributed by atoms with van der Waals surface area (Å²) in [6.07, 6.45) is 0. The fraction of sp³-hybridized carbons (Fsp3) is 0.190. The number of hydrogen-bond acceptors (Lipinski definition) is 5. The van der Waals surface area contributed by atoms with E-state index in [-0.39, 0.29) is 11.2 Å². The molecule has 0 atom stereocenters. The van der Waals surface area contributed by atoms with Crippen molar-refractivity contribution in [1.82, 2.24) is 14.5 Å². The van der Waals surface area contributed by atoms with Crippen molar-refractivity contribution < 1.29 is 14.3 Å². The number of aryl methyl sites for hydroxylation is 1. The number of rotatable bonds is 5. The van der Waals surface area contributed by atoms with Gasteiger partial charge in [-0.05, 0) is 36.7 Å². The average Bonchev–Trinajstić information content (AvgIpc) is 3.11. The molecular formula is C21H19ClN4O3. The lowest BCUT2D eigenvalue weighted by Gasteiger charge is -2.13. The maximum absolute atomic E-state index is 13.1. The number of methoxy groups -OCH3 is 2. The molecule has 0 aliphatic carbocycles. The number of nitrogens with zero attached hydrogens (tertiary/aromatic N) is 3. The van der Waals surface area contributed by atoms with Gasteiger partial charge in [-0.1, -0.05) is 18.2 Å². The summed E-state index contributed by atoms with van der Waals surface area (Å²) in [5.74, 6) is 1.04. The molecular weight excluding hydrogens is 392 g/mol. The van der Waals surface area contributed by atoms with Crippen molar-refractivity contribution in [2.24, 2.45) is 0 Å². The van der Waals surface area contributed by atoms with Crippen molar-refractivity contribution in [3.05, 3.63) is 53.4 Å². The highest BCUT2D eigenvalue weighted by Gasteiger charge is 2.18. The molecule has 2 heterocycles. The number of carbonyl (C=O) groups excluding carboxylic acids is 1. The number of aromatic nitrogens is 3. The van der Waals surface area contributed by atoms with Gasteiger partial charge in [0.25, 0.3) is 5.91 Å². The van der Waals surface area contributed by atoms with Crippen LogP contribution in [-0.4, -0.2) is 34.7 Å². The standard InChI is InChI=1S/C21H19ClN4O3/c1-4-26-15-8-6-5-7-12(15)9-16(26)20(27)24-19-13-10-17(28-2)18(29-3)11-14(13)23-21(22)25-19/h5-11H,4H2,1-3H3,(H,23,24,25,27). The van der Waals surface area contributed by atoms with Crippen molar-refractivity contribution in [1.29, 1.82) is 0 Å². The van der Waals surface area contributed by atoms with Crippen molar-refractivity contribution in [3.63, 3.8) is 0 Å². The Morgan fingerprint density at radius 2 is 1.83 bits per heavy atom. The Kier molecular flexibility index (Phi) is 4.98. The highest BCUT2D eigenvalue weighted by atomic mass is 35.5. The summed E-state index contributed by atoms with van der Waals surface area (Å²) >= 11 is 6.09. The van der Waals surface area contributed by atoms with Crippen molar-refractivity contribution in [3.8, 4) is 11.5 Å². The summed E-state index contributed by atoms with van der Waals surface area (Å²) in [6, 6.07) is 13.1. The van der Waals surface area contributed by atoms with Crippen LogP contribution in [0.1, 0.15) is 17.4 Å². The first kappa shape index (κ1) is 19.0. The Bertz CT molecular complexity index is 1240. The lowest BCUT2D eigenvalue weighted by molar-refractivity contribution is 0.101. The Labute approximate surface area is 172 Å². The third kappa shape index (κ3) is 3.34. The van der Waals surface area contributed by atoms with Crippen LogP contribution in [0.4, 0.5) is 5.82 Å². The summed E-state index contributed by atoms with van der Waals surface area (Å²) in [5, 5.41) is 4.49. The van der Waals surface area contributed by atoms with Gasteiger partial charge in [0.05, 0.1) is 19.7 Å². The van der Waals surface area contributed by atoms with Crippen molar-refractivity contribution in [2.75, 3.05) is 19.5 Å². The van der Waals surface area contributed by atoms with Crippen LogP contribution in [-0.2, 0) is 6.54 Å². The smallest absolute Gasteiger partial charge is 0.273 e. The molecule has 8 heteroatoms. The zero-order valence-corrected chi connectivity index (χ0v) is 16.9. The van der Waals surface area contributed by atoms with E-state index >= 15 is 0 Å². The summed E-state index contributed by atoms with van der Waals surface area (Å²) in [7, 11) is 3.08. The van der Waals surface area contributed by atoms with Gasteiger partial charge in [-0.3, -0.25) is 4.79 Å². The Balaban J connectivity index is 1.81.